The Bertz CT molecular complexity index is 361. The first-order chi connectivity index (χ1) is 9.69. The van der Waals surface area contributed by atoms with E-state index >= 15 is 0 Å². The topological polar surface area (TPSA) is 96.9 Å². The molecule has 0 unspecified atom stereocenters. The van der Waals surface area contributed by atoms with Gasteiger partial charge in [-0.2, -0.15) is 0 Å². The molecule has 6 nitrogen and oxygen atoms in total. The van der Waals surface area contributed by atoms with Crippen molar-refractivity contribution in [1.82, 2.24) is 5.32 Å². The maximum Gasteiger partial charge on any atom is 0.233 e. The quantitative estimate of drug-likeness (QED) is 0.205. The van der Waals surface area contributed by atoms with Crippen molar-refractivity contribution in [3.63, 3.8) is 0 Å². The molecule has 0 radical (unpaired) electrons. The second kappa shape index (κ2) is 6.92. The molecule has 0 aromatic heterocycles. The second-order valence-corrected chi connectivity index (χ2v) is 5.90. The highest BCUT2D eigenvalue weighted by molar-refractivity contribution is 6.07. The number of amidine groups is 1. The first-order valence-corrected chi connectivity index (χ1v) is 7.53. The van der Waals surface area contributed by atoms with Crippen LogP contribution in [-0.4, -0.2) is 36.7 Å². The van der Waals surface area contributed by atoms with Crippen LogP contribution in [0.3, 0.4) is 0 Å². The van der Waals surface area contributed by atoms with Crippen LogP contribution in [0.15, 0.2) is 5.16 Å². The van der Waals surface area contributed by atoms with E-state index in [9.17, 15) is 4.79 Å². The van der Waals surface area contributed by atoms with Gasteiger partial charge in [0.15, 0.2) is 5.84 Å². The number of hydrogen-bond acceptors (Lipinski definition) is 4. The minimum Gasteiger partial charge on any atom is -0.409 e. The molecule has 0 saturated heterocycles. The summed E-state index contributed by atoms with van der Waals surface area (Å²) in [4.78, 5) is 12.3. The molecule has 4 N–H and O–H groups in total. The van der Waals surface area contributed by atoms with Crippen molar-refractivity contribution in [2.45, 2.75) is 44.9 Å². The van der Waals surface area contributed by atoms with Crippen molar-refractivity contribution in [3.8, 4) is 0 Å². The van der Waals surface area contributed by atoms with Crippen molar-refractivity contribution in [1.29, 1.82) is 0 Å². The molecule has 114 valence electrons. The summed E-state index contributed by atoms with van der Waals surface area (Å²) in [6.45, 7) is 2.10. The minimum atomic E-state index is -0.802. The molecule has 2 fully saturated rings. The molecular formula is C14H25N3O3. The van der Waals surface area contributed by atoms with Gasteiger partial charge in [0.25, 0.3) is 0 Å². The highest BCUT2D eigenvalue weighted by Crippen LogP contribution is 2.38. The van der Waals surface area contributed by atoms with Gasteiger partial charge in [0.05, 0.1) is 0 Å². The van der Waals surface area contributed by atoms with Crippen LogP contribution >= 0.6 is 0 Å². The smallest absolute Gasteiger partial charge is 0.233 e. The molecule has 0 bridgehead atoms. The highest BCUT2D eigenvalue weighted by atomic mass is 16.5. The normalized spacial score (nSPS) is 21.9. The Morgan fingerprint density at radius 3 is 2.70 bits per heavy atom. The van der Waals surface area contributed by atoms with E-state index in [0.717, 1.165) is 31.8 Å². The van der Waals surface area contributed by atoms with E-state index in [0.29, 0.717) is 26.0 Å². The predicted octanol–water partition coefficient (Wildman–Crippen LogP) is 1.23. The Labute approximate surface area is 119 Å². The molecule has 2 aliphatic rings. The number of ether oxygens (including phenoxy) is 1. The van der Waals surface area contributed by atoms with Crippen LogP contribution in [0.4, 0.5) is 0 Å². The van der Waals surface area contributed by atoms with E-state index in [4.69, 9.17) is 15.7 Å². The number of carbonyl (C=O) groups is 1. The van der Waals surface area contributed by atoms with Gasteiger partial charge in [-0.15, -0.1) is 0 Å². The maximum atomic E-state index is 12.3. The Kier molecular flexibility index (Phi) is 5.23. The van der Waals surface area contributed by atoms with Crippen LogP contribution < -0.4 is 11.1 Å². The molecule has 20 heavy (non-hydrogen) atoms. The summed E-state index contributed by atoms with van der Waals surface area (Å²) >= 11 is 0. The van der Waals surface area contributed by atoms with Gasteiger partial charge in [-0.05, 0) is 38.0 Å². The number of nitrogens with two attached hydrogens (primary N) is 1. The van der Waals surface area contributed by atoms with E-state index in [-0.39, 0.29) is 11.7 Å². The minimum absolute atomic E-state index is 0.0393. The number of nitrogens with zero attached hydrogens (tertiary/aromatic N) is 1. The maximum absolute atomic E-state index is 12.3. The van der Waals surface area contributed by atoms with Crippen molar-refractivity contribution in [2.75, 3.05) is 19.8 Å². The zero-order chi connectivity index (χ0) is 14.4. The number of hydrogen-bond donors (Lipinski definition) is 3. The fraction of sp³-hybridized carbons (Fsp3) is 0.857. The molecule has 0 atom stereocenters. The number of amides is 1. The Morgan fingerprint density at radius 2 is 2.10 bits per heavy atom. The average molecular weight is 283 g/mol. The number of oxime groups is 1. The highest BCUT2D eigenvalue weighted by Gasteiger charge is 2.45. The van der Waals surface area contributed by atoms with Crippen molar-refractivity contribution in [2.24, 2.45) is 22.2 Å². The predicted molar refractivity (Wildman–Crippen MR) is 75.5 cm³/mol. The standard InChI is InChI=1S/C14H25N3O3/c15-12(17-19)14(6-1-2-7-14)13(18)16-8-3-9-20-10-11-4-5-11/h11,19H,1-10H2,(H2,15,17)(H,16,18). The third kappa shape index (κ3) is 3.62. The summed E-state index contributed by atoms with van der Waals surface area (Å²) in [5.41, 5.74) is 4.92. The monoisotopic (exact) mass is 283 g/mol. The van der Waals surface area contributed by atoms with Crippen LogP contribution in [0.2, 0.25) is 0 Å². The summed E-state index contributed by atoms with van der Waals surface area (Å²) in [5, 5.41) is 14.8. The van der Waals surface area contributed by atoms with Crippen LogP contribution in [0.25, 0.3) is 0 Å². The largest absolute Gasteiger partial charge is 0.409 e. The molecule has 1 amide bonds. The van der Waals surface area contributed by atoms with Crippen molar-refractivity contribution >= 4 is 11.7 Å². The van der Waals surface area contributed by atoms with Gasteiger partial charge in [0.2, 0.25) is 5.91 Å². The Balaban J connectivity index is 1.68. The molecular weight excluding hydrogens is 258 g/mol. The number of rotatable bonds is 8. The molecule has 6 heteroatoms. The molecule has 2 saturated carbocycles. The molecule has 0 aliphatic heterocycles. The van der Waals surface area contributed by atoms with Gasteiger partial charge < -0.3 is 21.0 Å². The SMILES string of the molecule is NC(=NO)C1(C(=O)NCCCOCC2CC2)CCCC1. The van der Waals surface area contributed by atoms with Crippen molar-refractivity contribution < 1.29 is 14.7 Å². The van der Waals surface area contributed by atoms with Crippen LogP contribution in [0, 0.1) is 11.3 Å². The van der Waals surface area contributed by atoms with Gasteiger partial charge in [0.1, 0.15) is 5.41 Å². The zero-order valence-corrected chi connectivity index (χ0v) is 11.9. The number of nitrogens with one attached hydrogen (secondary N) is 1. The average Bonchev–Trinajstić information content (AvgIpc) is 3.15. The summed E-state index contributed by atoms with van der Waals surface area (Å²) < 4.78 is 5.52. The van der Waals surface area contributed by atoms with E-state index in [1.807, 2.05) is 0 Å². The molecule has 2 rings (SSSR count). The zero-order valence-electron chi connectivity index (χ0n) is 11.9. The first-order valence-electron chi connectivity index (χ1n) is 7.53. The van der Waals surface area contributed by atoms with Crippen LogP contribution in [-0.2, 0) is 9.53 Å². The van der Waals surface area contributed by atoms with Gasteiger partial charge in [-0.3, -0.25) is 4.79 Å². The van der Waals surface area contributed by atoms with Gasteiger partial charge in [0, 0.05) is 19.8 Å². The molecule has 0 aromatic rings. The summed E-state index contributed by atoms with van der Waals surface area (Å²) in [5.74, 6) is 0.692. The van der Waals surface area contributed by atoms with Crippen LogP contribution in [0.5, 0.6) is 0 Å². The first kappa shape index (κ1) is 15.1. The fourth-order valence-electron chi connectivity index (χ4n) is 2.75. The lowest BCUT2D eigenvalue weighted by Crippen LogP contribution is -2.48. The lowest BCUT2D eigenvalue weighted by atomic mass is 9.84. The fourth-order valence-corrected chi connectivity index (χ4v) is 2.75. The van der Waals surface area contributed by atoms with E-state index < -0.39 is 5.41 Å². The molecule has 0 aromatic carbocycles. The lowest BCUT2D eigenvalue weighted by molar-refractivity contribution is -0.127. The summed E-state index contributed by atoms with van der Waals surface area (Å²) in [6, 6.07) is 0. The lowest BCUT2D eigenvalue weighted by Gasteiger charge is -2.25. The second-order valence-electron chi connectivity index (χ2n) is 5.90. The summed E-state index contributed by atoms with van der Waals surface area (Å²) in [7, 11) is 0. The summed E-state index contributed by atoms with van der Waals surface area (Å²) in [6.07, 6.45) is 6.57. The third-order valence-electron chi connectivity index (χ3n) is 4.29. The van der Waals surface area contributed by atoms with Crippen molar-refractivity contribution in [3.05, 3.63) is 0 Å². The van der Waals surface area contributed by atoms with Gasteiger partial charge >= 0.3 is 0 Å². The van der Waals surface area contributed by atoms with E-state index in [1.165, 1.54) is 12.8 Å². The third-order valence-corrected chi connectivity index (χ3v) is 4.29. The van der Waals surface area contributed by atoms with Gasteiger partial charge in [-0.25, -0.2) is 0 Å². The Hall–Kier alpha value is -1.30. The molecule has 0 spiro atoms. The number of carbonyl (C=O) groups excluding carboxylic acids is 1. The Morgan fingerprint density at radius 1 is 1.40 bits per heavy atom. The van der Waals surface area contributed by atoms with Gasteiger partial charge in [-0.1, -0.05) is 18.0 Å². The van der Waals surface area contributed by atoms with E-state index in [2.05, 4.69) is 10.5 Å². The van der Waals surface area contributed by atoms with E-state index in [1.54, 1.807) is 0 Å². The van der Waals surface area contributed by atoms with Crippen LogP contribution in [0.1, 0.15) is 44.9 Å². The molecule has 2 aliphatic carbocycles. The molecule has 0 heterocycles.